The fourth-order valence-electron chi connectivity index (χ4n) is 2.79. The SMILES string of the molecule is CC(C)(C)OC(=O)NCc1cc(Cn2c(=S)[nH]c(=O)c3[nH]ccc32)ccc1Cl. The molecule has 3 aromatic rings. The van der Waals surface area contributed by atoms with E-state index in [0.717, 1.165) is 16.6 Å². The molecule has 0 aliphatic heterocycles. The van der Waals surface area contributed by atoms with Crippen LogP contribution in [0.3, 0.4) is 0 Å². The molecule has 28 heavy (non-hydrogen) atoms. The van der Waals surface area contributed by atoms with E-state index in [0.29, 0.717) is 21.9 Å². The Morgan fingerprint density at radius 3 is 2.79 bits per heavy atom. The number of carbonyl (C=O) groups is 1. The molecule has 9 heteroatoms. The van der Waals surface area contributed by atoms with Gasteiger partial charge in [-0.25, -0.2) is 4.79 Å². The Balaban J connectivity index is 1.83. The van der Waals surface area contributed by atoms with Crippen molar-refractivity contribution in [1.82, 2.24) is 19.9 Å². The number of H-pyrrole nitrogens is 2. The summed E-state index contributed by atoms with van der Waals surface area (Å²) in [5.41, 5.74) is 2.05. The minimum absolute atomic E-state index is 0.234. The van der Waals surface area contributed by atoms with Crippen LogP contribution >= 0.6 is 23.8 Å². The molecular weight excluding hydrogens is 400 g/mol. The summed E-state index contributed by atoms with van der Waals surface area (Å²) < 4.78 is 7.41. The maximum Gasteiger partial charge on any atom is 0.407 e. The van der Waals surface area contributed by atoms with Gasteiger partial charge < -0.3 is 19.6 Å². The van der Waals surface area contributed by atoms with E-state index >= 15 is 0 Å². The molecule has 1 aromatic carbocycles. The minimum Gasteiger partial charge on any atom is -0.444 e. The Hall–Kier alpha value is -2.58. The quantitative estimate of drug-likeness (QED) is 0.554. The third-order valence-electron chi connectivity index (χ3n) is 3.98. The molecule has 2 heterocycles. The number of ether oxygens (including phenoxy) is 1. The first-order chi connectivity index (χ1) is 13.1. The number of alkyl carbamates (subject to hydrolysis) is 1. The van der Waals surface area contributed by atoms with E-state index in [1.807, 2.05) is 16.7 Å². The highest BCUT2D eigenvalue weighted by Crippen LogP contribution is 2.20. The summed E-state index contributed by atoms with van der Waals surface area (Å²) in [6, 6.07) is 7.35. The topological polar surface area (TPSA) is 91.9 Å². The Labute approximate surface area is 171 Å². The third-order valence-corrected chi connectivity index (χ3v) is 4.67. The van der Waals surface area contributed by atoms with Crippen molar-refractivity contribution in [2.75, 3.05) is 0 Å². The number of nitrogens with one attached hydrogen (secondary N) is 3. The number of benzene rings is 1. The van der Waals surface area contributed by atoms with Crippen molar-refractivity contribution in [3.63, 3.8) is 0 Å². The van der Waals surface area contributed by atoms with E-state index in [2.05, 4.69) is 15.3 Å². The van der Waals surface area contributed by atoms with Crippen molar-refractivity contribution in [1.29, 1.82) is 0 Å². The summed E-state index contributed by atoms with van der Waals surface area (Å²) in [6.07, 6.45) is 1.19. The Morgan fingerprint density at radius 2 is 2.07 bits per heavy atom. The number of hydrogen-bond donors (Lipinski definition) is 3. The number of hydrogen-bond acceptors (Lipinski definition) is 4. The van der Waals surface area contributed by atoms with Crippen LogP contribution in [0.2, 0.25) is 5.02 Å². The normalized spacial score (nSPS) is 11.6. The third kappa shape index (κ3) is 4.63. The van der Waals surface area contributed by atoms with E-state index < -0.39 is 11.7 Å². The molecule has 1 amide bonds. The van der Waals surface area contributed by atoms with Gasteiger partial charge in [-0.2, -0.15) is 0 Å². The predicted octanol–water partition coefficient (Wildman–Crippen LogP) is 4.11. The number of nitrogens with zero attached hydrogens (tertiary/aromatic N) is 1. The van der Waals surface area contributed by atoms with Crippen LogP contribution in [-0.4, -0.2) is 26.2 Å². The van der Waals surface area contributed by atoms with E-state index in [-0.39, 0.29) is 12.1 Å². The molecule has 0 aliphatic carbocycles. The van der Waals surface area contributed by atoms with Crippen molar-refractivity contribution >= 4 is 40.9 Å². The lowest BCUT2D eigenvalue weighted by Gasteiger charge is -2.20. The molecule has 2 aromatic heterocycles. The maximum atomic E-state index is 12.0. The van der Waals surface area contributed by atoms with Gasteiger partial charge in [0, 0.05) is 17.8 Å². The van der Waals surface area contributed by atoms with Crippen molar-refractivity contribution in [2.24, 2.45) is 0 Å². The summed E-state index contributed by atoms with van der Waals surface area (Å²) in [6.45, 7) is 6.08. The van der Waals surface area contributed by atoms with Gasteiger partial charge in [0.25, 0.3) is 5.56 Å². The Kier molecular flexibility index (Phi) is 5.62. The second-order valence-corrected chi connectivity index (χ2v) is 8.16. The maximum absolute atomic E-state index is 12.0. The van der Waals surface area contributed by atoms with Gasteiger partial charge in [0.15, 0.2) is 4.77 Å². The van der Waals surface area contributed by atoms with E-state index in [1.54, 1.807) is 39.1 Å². The summed E-state index contributed by atoms with van der Waals surface area (Å²) in [7, 11) is 0. The van der Waals surface area contributed by atoms with Gasteiger partial charge in [0.1, 0.15) is 11.1 Å². The van der Waals surface area contributed by atoms with Crippen molar-refractivity contribution in [3.05, 3.63) is 61.7 Å². The minimum atomic E-state index is -0.571. The number of amides is 1. The molecule has 0 aliphatic rings. The molecule has 0 bridgehead atoms. The van der Waals surface area contributed by atoms with Crippen LogP contribution in [0, 0.1) is 4.77 Å². The molecule has 3 rings (SSSR count). The summed E-state index contributed by atoms with van der Waals surface area (Å²) in [5, 5.41) is 3.24. The Bertz CT molecular complexity index is 1140. The second kappa shape index (κ2) is 7.81. The van der Waals surface area contributed by atoms with Crippen molar-refractivity contribution < 1.29 is 9.53 Å². The first kappa shape index (κ1) is 20.2. The highest BCUT2D eigenvalue weighted by Gasteiger charge is 2.16. The second-order valence-electron chi connectivity index (χ2n) is 7.36. The Morgan fingerprint density at radius 1 is 1.32 bits per heavy atom. The number of aromatic nitrogens is 3. The summed E-state index contributed by atoms with van der Waals surface area (Å²) >= 11 is 11.6. The lowest BCUT2D eigenvalue weighted by Crippen LogP contribution is -2.32. The molecular formula is C19H21ClN4O3S. The fourth-order valence-corrected chi connectivity index (χ4v) is 3.23. The van der Waals surface area contributed by atoms with Gasteiger partial charge in [-0.3, -0.25) is 9.78 Å². The van der Waals surface area contributed by atoms with E-state index in [1.165, 1.54) is 0 Å². The molecule has 0 atom stereocenters. The molecule has 148 valence electrons. The lowest BCUT2D eigenvalue weighted by molar-refractivity contribution is 0.0523. The predicted molar refractivity (Wildman–Crippen MR) is 111 cm³/mol. The first-order valence-corrected chi connectivity index (χ1v) is 9.47. The fraction of sp³-hybridized carbons (Fsp3) is 0.316. The van der Waals surface area contributed by atoms with E-state index in [4.69, 9.17) is 28.6 Å². The van der Waals surface area contributed by atoms with Gasteiger partial charge >= 0.3 is 6.09 Å². The summed E-state index contributed by atoms with van der Waals surface area (Å²) in [5.74, 6) is 0. The molecule has 0 radical (unpaired) electrons. The van der Waals surface area contributed by atoms with Crippen LogP contribution < -0.4 is 10.9 Å². The van der Waals surface area contributed by atoms with Crippen molar-refractivity contribution in [3.8, 4) is 0 Å². The zero-order chi connectivity index (χ0) is 20.5. The molecule has 7 nitrogen and oxygen atoms in total. The zero-order valence-electron chi connectivity index (χ0n) is 15.8. The van der Waals surface area contributed by atoms with Gasteiger partial charge in [0.05, 0.1) is 12.1 Å². The molecule has 0 unspecified atom stereocenters. The number of aromatic amines is 2. The highest BCUT2D eigenvalue weighted by atomic mass is 35.5. The zero-order valence-corrected chi connectivity index (χ0v) is 17.3. The van der Waals surface area contributed by atoms with Crippen molar-refractivity contribution in [2.45, 2.75) is 39.5 Å². The molecule has 0 spiro atoms. The van der Waals surface area contributed by atoms with Crippen LogP contribution in [0.1, 0.15) is 31.9 Å². The molecule has 0 saturated carbocycles. The number of rotatable bonds is 4. The summed E-state index contributed by atoms with van der Waals surface area (Å²) in [4.78, 5) is 29.4. The lowest BCUT2D eigenvalue weighted by atomic mass is 10.1. The van der Waals surface area contributed by atoms with Gasteiger partial charge in [-0.05, 0) is 56.2 Å². The van der Waals surface area contributed by atoms with Crippen LogP contribution in [0.15, 0.2) is 35.3 Å². The van der Waals surface area contributed by atoms with Crippen LogP contribution in [0.5, 0.6) is 0 Å². The first-order valence-electron chi connectivity index (χ1n) is 8.68. The number of carbonyl (C=O) groups excluding carboxylic acids is 1. The monoisotopic (exact) mass is 420 g/mol. The average molecular weight is 421 g/mol. The van der Waals surface area contributed by atoms with Gasteiger partial charge in [0.2, 0.25) is 0 Å². The van der Waals surface area contributed by atoms with Gasteiger partial charge in [-0.15, -0.1) is 0 Å². The largest absolute Gasteiger partial charge is 0.444 e. The van der Waals surface area contributed by atoms with Gasteiger partial charge in [-0.1, -0.05) is 23.7 Å². The van der Waals surface area contributed by atoms with E-state index in [9.17, 15) is 9.59 Å². The molecule has 0 saturated heterocycles. The average Bonchev–Trinajstić information content (AvgIpc) is 3.07. The number of halogens is 1. The van der Waals surface area contributed by atoms with Crippen LogP contribution in [0.25, 0.3) is 11.0 Å². The highest BCUT2D eigenvalue weighted by molar-refractivity contribution is 7.71. The number of fused-ring (bicyclic) bond motifs is 1. The van der Waals surface area contributed by atoms with Crippen LogP contribution in [0.4, 0.5) is 4.79 Å². The molecule has 3 N–H and O–H groups in total. The standard InChI is InChI=1S/C19H21ClN4O3S/c1-19(2,3)27-18(26)22-9-12-8-11(4-5-13(12)20)10-24-14-6-7-21-15(14)16(25)23-17(24)28/h4-8,21H,9-10H2,1-3H3,(H,22,26)(H,23,25,28). The van der Waals surface area contributed by atoms with Crippen LogP contribution in [-0.2, 0) is 17.8 Å². The molecule has 0 fully saturated rings. The smallest absolute Gasteiger partial charge is 0.407 e.